The fourth-order valence-electron chi connectivity index (χ4n) is 2.94. The number of rotatable bonds is 8. The Labute approximate surface area is 156 Å². The monoisotopic (exact) mass is 355 g/mol. The molecule has 0 spiro atoms. The van der Waals surface area contributed by atoms with Gasteiger partial charge < -0.3 is 14.8 Å². The van der Waals surface area contributed by atoms with Crippen LogP contribution in [0, 0.1) is 12.8 Å². The molecule has 2 aromatic rings. The second-order valence-corrected chi connectivity index (χ2v) is 6.84. The number of hydrogen-bond donors (Lipinski definition) is 1. The maximum atomic E-state index is 12.8. The van der Waals surface area contributed by atoms with Crippen molar-refractivity contribution in [3.63, 3.8) is 0 Å². The van der Waals surface area contributed by atoms with E-state index in [1.807, 2.05) is 56.3 Å². The molecule has 140 valence electrons. The standard InChI is InChI=1S/C22H29NO3/c1-6-26-21-12-9-18(14-16(21)4)22(24)23-20(13-15(2)3)17-7-10-19(25-5)11-8-17/h7-12,14-15,20H,6,13H2,1-5H3,(H,23,24)/t20-/m1/s1. The third-order valence-corrected chi connectivity index (χ3v) is 4.27. The molecule has 0 heterocycles. The normalized spacial score (nSPS) is 11.9. The Kier molecular flexibility index (Phi) is 7.07. The Hall–Kier alpha value is -2.49. The highest BCUT2D eigenvalue weighted by Crippen LogP contribution is 2.25. The Morgan fingerprint density at radius 1 is 1.12 bits per heavy atom. The molecule has 0 aliphatic heterocycles. The van der Waals surface area contributed by atoms with Crippen LogP contribution >= 0.6 is 0 Å². The number of aryl methyl sites for hydroxylation is 1. The molecule has 2 aromatic carbocycles. The molecule has 1 atom stereocenters. The fourth-order valence-corrected chi connectivity index (χ4v) is 2.94. The summed E-state index contributed by atoms with van der Waals surface area (Å²) in [5.41, 5.74) is 2.69. The fraction of sp³-hybridized carbons (Fsp3) is 0.409. The first kappa shape index (κ1) is 19.8. The highest BCUT2D eigenvalue weighted by Gasteiger charge is 2.18. The molecule has 0 radical (unpaired) electrons. The molecule has 0 saturated heterocycles. The van der Waals surface area contributed by atoms with E-state index in [1.54, 1.807) is 7.11 Å². The summed E-state index contributed by atoms with van der Waals surface area (Å²) in [4.78, 5) is 12.8. The van der Waals surface area contributed by atoms with Crippen molar-refractivity contribution in [1.29, 1.82) is 0 Å². The summed E-state index contributed by atoms with van der Waals surface area (Å²) in [6.07, 6.45) is 0.869. The molecule has 1 N–H and O–H groups in total. The minimum absolute atomic E-state index is 0.0414. The van der Waals surface area contributed by atoms with Gasteiger partial charge in [-0.05, 0) is 67.6 Å². The average Bonchev–Trinajstić information content (AvgIpc) is 2.62. The first-order valence-corrected chi connectivity index (χ1v) is 9.12. The number of amides is 1. The van der Waals surface area contributed by atoms with Gasteiger partial charge in [-0.25, -0.2) is 0 Å². The van der Waals surface area contributed by atoms with E-state index in [4.69, 9.17) is 9.47 Å². The molecule has 0 fully saturated rings. The van der Waals surface area contributed by atoms with Crippen LogP contribution in [0.25, 0.3) is 0 Å². The first-order valence-electron chi connectivity index (χ1n) is 9.12. The van der Waals surface area contributed by atoms with Crippen molar-refractivity contribution in [2.45, 2.75) is 40.2 Å². The molecule has 0 unspecified atom stereocenters. The van der Waals surface area contributed by atoms with E-state index in [1.165, 1.54) is 0 Å². The number of ether oxygens (including phenoxy) is 2. The summed E-state index contributed by atoms with van der Waals surface area (Å²) in [7, 11) is 1.65. The van der Waals surface area contributed by atoms with Gasteiger partial charge in [-0.1, -0.05) is 26.0 Å². The first-order chi connectivity index (χ1) is 12.4. The van der Waals surface area contributed by atoms with Gasteiger partial charge in [0.05, 0.1) is 19.8 Å². The predicted octanol–water partition coefficient (Wildman–Crippen LogP) is 4.92. The van der Waals surface area contributed by atoms with Gasteiger partial charge in [0.15, 0.2) is 0 Å². The zero-order chi connectivity index (χ0) is 19.1. The quantitative estimate of drug-likeness (QED) is 0.731. The Balaban J connectivity index is 2.18. The van der Waals surface area contributed by atoms with Crippen LogP contribution in [0.1, 0.15) is 54.7 Å². The van der Waals surface area contributed by atoms with Crippen LogP contribution in [0.5, 0.6) is 11.5 Å². The van der Waals surface area contributed by atoms with E-state index >= 15 is 0 Å². The molecule has 0 aliphatic rings. The van der Waals surface area contributed by atoms with Crippen LogP contribution in [-0.4, -0.2) is 19.6 Å². The zero-order valence-electron chi connectivity index (χ0n) is 16.3. The molecule has 0 aliphatic carbocycles. The molecule has 26 heavy (non-hydrogen) atoms. The van der Waals surface area contributed by atoms with Crippen molar-refractivity contribution in [3.05, 3.63) is 59.2 Å². The van der Waals surface area contributed by atoms with E-state index in [2.05, 4.69) is 19.2 Å². The number of benzene rings is 2. The van der Waals surface area contributed by atoms with Gasteiger partial charge in [0.2, 0.25) is 0 Å². The summed E-state index contributed by atoms with van der Waals surface area (Å²) < 4.78 is 10.8. The van der Waals surface area contributed by atoms with E-state index in [-0.39, 0.29) is 11.9 Å². The van der Waals surface area contributed by atoms with Crippen LogP contribution < -0.4 is 14.8 Å². The minimum atomic E-state index is -0.0717. The Morgan fingerprint density at radius 3 is 2.35 bits per heavy atom. The lowest BCUT2D eigenvalue weighted by molar-refractivity contribution is 0.0932. The summed E-state index contributed by atoms with van der Waals surface area (Å²) in [5.74, 6) is 2.02. The average molecular weight is 355 g/mol. The van der Waals surface area contributed by atoms with Crippen LogP contribution in [-0.2, 0) is 0 Å². The van der Waals surface area contributed by atoms with Crippen molar-refractivity contribution in [1.82, 2.24) is 5.32 Å². The number of carbonyl (C=O) groups is 1. The Morgan fingerprint density at radius 2 is 1.81 bits per heavy atom. The topological polar surface area (TPSA) is 47.6 Å². The number of methoxy groups -OCH3 is 1. The van der Waals surface area contributed by atoms with Crippen molar-refractivity contribution >= 4 is 5.91 Å². The minimum Gasteiger partial charge on any atom is -0.497 e. The van der Waals surface area contributed by atoms with E-state index in [0.29, 0.717) is 18.1 Å². The summed E-state index contributed by atoms with van der Waals surface area (Å²) >= 11 is 0. The predicted molar refractivity (Wildman–Crippen MR) is 105 cm³/mol. The van der Waals surface area contributed by atoms with Crippen LogP contribution in [0.4, 0.5) is 0 Å². The molecule has 0 aromatic heterocycles. The van der Waals surface area contributed by atoms with Gasteiger partial charge in [0, 0.05) is 5.56 Å². The lowest BCUT2D eigenvalue weighted by Crippen LogP contribution is -2.29. The zero-order valence-corrected chi connectivity index (χ0v) is 16.3. The maximum absolute atomic E-state index is 12.8. The van der Waals surface area contributed by atoms with Crippen molar-refractivity contribution in [2.75, 3.05) is 13.7 Å². The third-order valence-electron chi connectivity index (χ3n) is 4.27. The lowest BCUT2D eigenvalue weighted by Gasteiger charge is -2.22. The van der Waals surface area contributed by atoms with Gasteiger partial charge in [-0.2, -0.15) is 0 Å². The highest BCUT2D eigenvalue weighted by molar-refractivity contribution is 5.94. The van der Waals surface area contributed by atoms with Crippen molar-refractivity contribution in [3.8, 4) is 11.5 Å². The SMILES string of the molecule is CCOc1ccc(C(=O)N[C@H](CC(C)C)c2ccc(OC)cc2)cc1C. The molecule has 1 amide bonds. The molecule has 4 heteroatoms. The molecular formula is C22H29NO3. The van der Waals surface area contributed by atoms with Gasteiger partial charge in [0.25, 0.3) is 5.91 Å². The summed E-state index contributed by atoms with van der Waals surface area (Å²) in [6.45, 7) is 8.83. The van der Waals surface area contributed by atoms with Gasteiger partial charge in [-0.3, -0.25) is 4.79 Å². The molecular weight excluding hydrogens is 326 g/mol. The molecule has 4 nitrogen and oxygen atoms in total. The maximum Gasteiger partial charge on any atom is 0.251 e. The second-order valence-electron chi connectivity index (χ2n) is 6.84. The van der Waals surface area contributed by atoms with E-state index in [9.17, 15) is 4.79 Å². The number of hydrogen-bond acceptors (Lipinski definition) is 3. The van der Waals surface area contributed by atoms with Crippen LogP contribution in [0.2, 0.25) is 0 Å². The van der Waals surface area contributed by atoms with Crippen molar-refractivity contribution < 1.29 is 14.3 Å². The summed E-state index contributed by atoms with van der Waals surface area (Å²) in [5, 5.41) is 3.18. The molecule has 0 saturated carbocycles. The third kappa shape index (κ3) is 5.25. The van der Waals surface area contributed by atoms with Crippen LogP contribution in [0.15, 0.2) is 42.5 Å². The Bertz CT molecular complexity index is 723. The van der Waals surface area contributed by atoms with Crippen LogP contribution in [0.3, 0.4) is 0 Å². The molecule has 0 bridgehead atoms. The van der Waals surface area contributed by atoms with E-state index < -0.39 is 0 Å². The molecule has 2 rings (SSSR count). The van der Waals surface area contributed by atoms with Crippen molar-refractivity contribution in [2.24, 2.45) is 5.92 Å². The highest BCUT2D eigenvalue weighted by atomic mass is 16.5. The van der Waals surface area contributed by atoms with E-state index in [0.717, 1.165) is 29.0 Å². The largest absolute Gasteiger partial charge is 0.497 e. The lowest BCUT2D eigenvalue weighted by atomic mass is 9.96. The summed E-state index contributed by atoms with van der Waals surface area (Å²) in [6, 6.07) is 13.4. The number of nitrogens with one attached hydrogen (secondary N) is 1. The second kappa shape index (κ2) is 9.27. The van der Waals surface area contributed by atoms with Gasteiger partial charge in [-0.15, -0.1) is 0 Å². The number of carbonyl (C=O) groups excluding carboxylic acids is 1. The smallest absolute Gasteiger partial charge is 0.251 e. The van der Waals surface area contributed by atoms with Gasteiger partial charge in [0.1, 0.15) is 11.5 Å². The van der Waals surface area contributed by atoms with Gasteiger partial charge >= 0.3 is 0 Å².